The molecule has 0 atom stereocenters. The molecule has 0 amide bonds. The van der Waals surface area contributed by atoms with Gasteiger partial charge < -0.3 is 10.1 Å². The van der Waals surface area contributed by atoms with Crippen LogP contribution in [0.5, 0.6) is 0 Å². The number of ether oxygens (including phenoxy) is 1. The monoisotopic (exact) mass is 272 g/mol. The number of rotatable bonds is 5. The molecule has 0 unspecified atom stereocenters. The number of anilines is 1. The van der Waals surface area contributed by atoms with E-state index in [0.717, 1.165) is 23.1 Å². The number of pyridine rings is 1. The van der Waals surface area contributed by atoms with Gasteiger partial charge in [-0.3, -0.25) is 4.98 Å². The van der Waals surface area contributed by atoms with Gasteiger partial charge in [-0.15, -0.1) is 0 Å². The maximum atomic E-state index is 12.1. The smallest absolute Gasteiger partial charge is 0.341 e. The van der Waals surface area contributed by atoms with Crippen LogP contribution in [0.15, 0.2) is 30.5 Å². The van der Waals surface area contributed by atoms with Crippen molar-refractivity contribution in [1.82, 2.24) is 4.98 Å². The summed E-state index contributed by atoms with van der Waals surface area (Å²) in [4.78, 5) is 16.4. The minimum absolute atomic E-state index is 0.336. The van der Waals surface area contributed by atoms with Gasteiger partial charge in [0.2, 0.25) is 0 Å². The second kappa shape index (κ2) is 6.37. The van der Waals surface area contributed by atoms with Gasteiger partial charge in [0.15, 0.2) is 0 Å². The van der Waals surface area contributed by atoms with Crippen molar-refractivity contribution >= 4 is 22.6 Å². The van der Waals surface area contributed by atoms with Crippen molar-refractivity contribution in [3.05, 3.63) is 36.0 Å². The van der Waals surface area contributed by atoms with Gasteiger partial charge in [-0.1, -0.05) is 32.0 Å². The molecule has 0 bridgehead atoms. The first-order valence-corrected chi connectivity index (χ1v) is 6.92. The van der Waals surface area contributed by atoms with Gasteiger partial charge in [-0.2, -0.15) is 0 Å². The molecule has 0 spiro atoms. The fraction of sp³-hybridized carbons (Fsp3) is 0.375. The van der Waals surface area contributed by atoms with Gasteiger partial charge >= 0.3 is 5.97 Å². The van der Waals surface area contributed by atoms with Crippen molar-refractivity contribution in [2.45, 2.75) is 20.8 Å². The quantitative estimate of drug-likeness (QED) is 0.847. The standard InChI is InChI=1S/C16H20N2O2/c1-4-20-16(19)13-10-17-14-8-6-5-7-12(14)15(13)18-9-11(2)3/h5-8,10-11H,4,9H2,1-3H3,(H,17,18). The number of nitrogens with one attached hydrogen (secondary N) is 1. The number of aromatic nitrogens is 1. The van der Waals surface area contributed by atoms with E-state index in [1.165, 1.54) is 0 Å². The van der Waals surface area contributed by atoms with E-state index in [0.29, 0.717) is 18.1 Å². The van der Waals surface area contributed by atoms with Crippen LogP contribution in [-0.4, -0.2) is 24.1 Å². The van der Waals surface area contributed by atoms with Crippen LogP contribution in [0.2, 0.25) is 0 Å². The Balaban J connectivity index is 2.49. The molecule has 1 heterocycles. The van der Waals surface area contributed by atoms with Crippen LogP contribution in [-0.2, 0) is 4.74 Å². The van der Waals surface area contributed by atoms with Gasteiger partial charge in [0.25, 0.3) is 0 Å². The molecule has 4 nitrogen and oxygen atoms in total. The molecule has 1 N–H and O–H groups in total. The lowest BCUT2D eigenvalue weighted by atomic mass is 10.1. The normalized spacial score (nSPS) is 10.8. The largest absolute Gasteiger partial charge is 0.462 e. The minimum atomic E-state index is -0.336. The summed E-state index contributed by atoms with van der Waals surface area (Å²) >= 11 is 0. The Hall–Kier alpha value is -2.10. The molecule has 0 aliphatic carbocycles. The van der Waals surface area contributed by atoms with Crippen LogP contribution in [0.25, 0.3) is 10.9 Å². The molecule has 4 heteroatoms. The summed E-state index contributed by atoms with van der Waals surface area (Å²) in [5.74, 6) is 0.147. The third-order valence-corrected chi connectivity index (χ3v) is 2.96. The Morgan fingerprint density at radius 1 is 1.35 bits per heavy atom. The molecule has 20 heavy (non-hydrogen) atoms. The third kappa shape index (κ3) is 3.07. The lowest BCUT2D eigenvalue weighted by Crippen LogP contribution is -2.14. The predicted molar refractivity (Wildman–Crippen MR) is 81.0 cm³/mol. The first kappa shape index (κ1) is 14.3. The zero-order chi connectivity index (χ0) is 14.5. The lowest BCUT2D eigenvalue weighted by molar-refractivity contribution is 0.0527. The number of fused-ring (bicyclic) bond motifs is 1. The average molecular weight is 272 g/mol. The highest BCUT2D eigenvalue weighted by atomic mass is 16.5. The average Bonchev–Trinajstić information content (AvgIpc) is 2.44. The Bertz CT molecular complexity index is 608. The van der Waals surface area contributed by atoms with E-state index in [1.54, 1.807) is 13.1 Å². The number of esters is 1. The molecular formula is C16H20N2O2. The van der Waals surface area contributed by atoms with E-state index in [4.69, 9.17) is 4.74 Å². The molecule has 2 rings (SSSR count). The number of hydrogen-bond donors (Lipinski definition) is 1. The first-order chi connectivity index (χ1) is 9.63. The molecule has 0 aliphatic rings. The van der Waals surface area contributed by atoms with Crippen molar-refractivity contribution in [2.24, 2.45) is 5.92 Å². The van der Waals surface area contributed by atoms with Gasteiger partial charge in [0.1, 0.15) is 5.56 Å². The van der Waals surface area contributed by atoms with Crippen LogP contribution in [0, 0.1) is 5.92 Å². The molecule has 0 saturated carbocycles. The van der Waals surface area contributed by atoms with Crippen LogP contribution in [0.4, 0.5) is 5.69 Å². The number of nitrogens with zero attached hydrogens (tertiary/aromatic N) is 1. The van der Waals surface area contributed by atoms with Gasteiger partial charge in [-0.25, -0.2) is 4.79 Å². The minimum Gasteiger partial charge on any atom is -0.462 e. The van der Waals surface area contributed by atoms with Gasteiger partial charge in [0.05, 0.1) is 17.8 Å². The highest BCUT2D eigenvalue weighted by Gasteiger charge is 2.16. The Morgan fingerprint density at radius 3 is 2.80 bits per heavy atom. The number of para-hydroxylation sites is 1. The van der Waals surface area contributed by atoms with E-state index >= 15 is 0 Å². The van der Waals surface area contributed by atoms with Crippen LogP contribution < -0.4 is 5.32 Å². The summed E-state index contributed by atoms with van der Waals surface area (Å²) in [6.45, 7) is 7.20. The van der Waals surface area contributed by atoms with E-state index in [9.17, 15) is 4.79 Å². The summed E-state index contributed by atoms with van der Waals surface area (Å²) in [5, 5.41) is 4.30. The Kier molecular flexibility index (Phi) is 4.56. The fourth-order valence-electron chi connectivity index (χ4n) is 2.00. The lowest BCUT2D eigenvalue weighted by Gasteiger charge is -2.15. The third-order valence-electron chi connectivity index (χ3n) is 2.96. The number of hydrogen-bond acceptors (Lipinski definition) is 4. The molecule has 2 aromatic rings. The van der Waals surface area contributed by atoms with Crippen LogP contribution in [0.3, 0.4) is 0 Å². The molecule has 0 saturated heterocycles. The van der Waals surface area contributed by atoms with Gasteiger partial charge in [0, 0.05) is 18.1 Å². The molecule has 1 aromatic heterocycles. The molecule has 106 valence electrons. The number of carbonyl (C=O) groups excluding carboxylic acids is 1. The fourth-order valence-corrected chi connectivity index (χ4v) is 2.00. The maximum absolute atomic E-state index is 12.1. The summed E-state index contributed by atoms with van der Waals surface area (Å²) in [6.07, 6.45) is 1.59. The zero-order valence-electron chi connectivity index (χ0n) is 12.1. The molecule has 0 aliphatic heterocycles. The van der Waals surface area contributed by atoms with Crippen molar-refractivity contribution in [3.63, 3.8) is 0 Å². The summed E-state index contributed by atoms with van der Waals surface area (Å²) in [6, 6.07) is 7.78. The maximum Gasteiger partial charge on any atom is 0.341 e. The molecule has 0 radical (unpaired) electrons. The van der Waals surface area contributed by atoms with E-state index < -0.39 is 0 Å². The predicted octanol–water partition coefficient (Wildman–Crippen LogP) is 3.48. The molecule has 0 fully saturated rings. The second-order valence-electron chi connectivity index (χ2n) is 5.06. The van der Waals surface area contributed by atoms with E-state index in [1.807, 2.05) is 24.3 Å². The molecule has 1 aromatic carbocycles. The SMILES string of the molecule is CCOC(=O)c1cnc2ccccc2c1NCC(C)C. The Labute approximate surface area is 119 Å². The summed E-state index contributed by atoms with van der Waals surface area (Å²) < 4.78 is 5.11. The van der Waals surface area contributed by atoms with Gasteiger partial charge in [-0.05, 0) is 18.9 Å². The van der Waals surface area contributed by atoms with E-state index in [2.05, 4.69) is 24.1 Å². The highest BCUT2D eigenvalue weighted by Crippen LogP contribution is 2.26. The van der Waals surface area contributed by atoms with Crippen molar-refractivity contribution in [1.29, 1.82) is 0 Å². The highest BCUT2D eigenvalue weighted by molar-refractivity contribution is 6.04. The second-order valence-corrected chi connectivity index (χ2v) is 5.06. The molecular weight excluding hydrogens is 252 g/mol. The van der Waals surface area contributed by atoms with Crippen LogP contribution in [0.1, 0.15) is 31.1 Å². The van der Waals surface area contributed by atoms with Crippen LogP contribution >= 0.6 is 0 Å². The first-order valence-electron chi connectivity index (χ1n) is 6.92. The van der Waals surface area contributed by atoms with Crippen molar-refractivity contribution in [3.8, 4) is 0 Å². The Morgan fingerprint density at radius 2 is 2.10 bits per heavy atom. The van der Waals surface area contributed by atoms with Crippen molar-refractivity contribution < 1.29 is 9.53 Å². The van der Waals surface area contributed by atoms with Crippen molar-refractivity contribution in [2.75, 3.05) is 18.5 Å². The summed E-state index contributed by atoms with van der Waals surface area (Å²) in [5.41, 5.74) is 2.17. The van der Waals surface area contributed by atoms with E-state index in [-0.39, 0.29) is 5.97 Å². The number of benzene rings is 1. The zero-order valence-corrected chi connectivity index (χ0v) is 12.1. The topological polar surface area (TPSA) is 51.2 Å². The number of carbonyl (C=O) groups is 1. The summed E-state index contributed by atoms with van der Waals surface area (Å²) in [7, 11) is 0.